The van der Waals surface area contributed by atoms with Gasteiger partial charge in [-0.15, -0.1) is 11.3 Å². The number of carbonyl (C=O) groups is 1. The van der Waals surface area contributed by atoms with Crippen LogP contribution in [-0.2, 0) is 24.2 Å². The monoisotopic (exact) mass is 424 g/mol. The summed E-state index contributed by atoms with van der Waals surface area (Å²) in [6, 6.07) is 7.44. The van der Waals surface area contributed by atoms with Crippen molar-refractivity contribution in [2.45, 2.75) is 39.7 Å². The van der Waals surface area contributed by atoms with Gasteiger partial charge >= 0.3 is 0 Å². The largest absolute Gasteiger partial charge is 0.493 e. The topological polar surface area (TPSA) is 85.6 Å². The Bertz CT molecular complexity index is 1160. The van der Waals surface area contributed by atoms with Crippen molar-refractivity contribution in [2.75, 3.05) is 6.61 Å². The molecular formula is C22H24N4O3S. The molecule has 0 saturated heterocycles. The molecule has 156 valence electrons. The molecule has 2 heterocycles. The Labute approximate surface area is 178 Å². The average Bonchev–Trinajstić information content (AvgIpc) is 3.10. The number of amides is 1. The van der Waals surface area contributed by atoms with Gasteiger partial charge in [-0.3, -0.25) is 14.2 Å². The molecule has 1 aliphatic carbocycles. The van der Waals surface area contributed by atoms with Crippen molar-refractivity contribution in [3.63, 3.8) is 0 Å². The second-order valence-electron chi connectivity index (χ2n) is 7.47. The maximum Gasteiger partial charge on any atom is 0.262 e. The van der Waals surface area contributed by atoms with E-state index in [4.69, 9.17) is 4.74 Å². The molecule has 0 unspecified atom stereocenters. The number of para-hydroxylation sites is 1. The Morgan fingerprint density at radius 2 is 2.27 bits per heavy atom. The third kappa shape index (κ3) is 4.14. The van der Waals surface area contributed by atoms with E-state index in [1.54, 1.807) is 11.3 Å². The maximum absolute atomic E-state index is 13.0. The third-order valence-electron chi connectivity index (χ3n) is 5.21. The molecule has 7 nitrogen and oxygen atoms in total. The predicted octanol–water partition coefficient (Wildman–Crippen LogP) is 3.13. The third-order valence-corrected chi connectivity index (χ3v) is 6.37. The summed E-state index contributed by atoms with van der Waals surface area (Å²) in [6.45, 7) is 4.55. The van der Waals surface area contributed by atoms with Gasteiger partial charge in [-0.05, 0) is 49.8 Å². The van der Waals surface area contributed by atoms with E-state index in [-0.39, 0.29) is 18.0 Å². The van der Waals surface area contributed by atoms with Crippen LogP contribution in [0.1, 0.15) is 36.3 Å². The standard InChI is InChI=1S/C22H24N4O3S/c1-3-29-17-7-5-4-6-15(17)11-24-25-19(27)12-26-13-23-21-20(22(26)28)16-9-8-14(2)10-18(16)30-21/h4-7,11,13-14H,3,8-10,12H2,1-2H3,(H,25,27)/b24-11-/t14-/m0/s1. The zero-order valence-electron chi connectivity index (χ0n) is 17.1. The van der Waals surface area contributed by atoms with Gasteiger partial charge in [0.05, 0.1) is 24.5 Å². The fourth-order valence-corrected chi connectivity index (χ4v) is 5.06. The molecule has 0 fully saturated rings. The Morgan fingerprint density at radius 1 is 1.43 bits per heavy atom. The Balaban J connectivity index is 1.49. The number of nitrogens with one attached hydrogen (secondary N) is 1. The molecule has 30 heavy (non-hydrogen) atoms. The summed E-state index contributed by atoms with van der Waals surface area (Å²) < 4.78 is 6.89. The van der Waals surface area contributed by atoms with Crippen LogP contribution in [0.2, 0.25) is 0 Å². The van der Waals surface area contributed by atoms with Gasteiger partial charge in [0.25, 0.3) is 11.5 Å². The minimum absolute atomic E-state index is 0.132. The molecular weight excluding hydrogens is 400 g/mol. The second kappa shape index (κ2) is 8.79. The Kier molecular flexibility index (Phi) is 5.94. The van der Waals surface area contributed by atoms with Crippen LogP contribution >= 0.6 is 11.3 Å². The van der Waals surface area contributed by atoms with Crippen LogP contribution in [0.5, 0.6) is 5.75 Å². The maximum atomic E-state index is 13.0. The Morgan fingerprint density at radius 3 is 3.10 bits per heavy atom. The number of aryl methyl sites for hydroxylation is 1. The van der Waals surface area contributed by atoms with Crippen molar-refractivity contribution < 1.29 is 9.53 Å². The number of hydrogen-bond donors (Lipinski definition) is 1. The van der Waals surface area contributed by atoms with Crippen molar-refractivity contribution in [3.8, 4) is 5.75 Å². The quantitative estimate of drug-likeness (QED) is 0.487. The molecule has 0 aliphatic heterocycles. The highest BCUT2D eigenvalue weighted by Gasteiger charge is 2.23. The van der Waals surface area contributed by atoms with E-state index in [0.29, 0.717) is 23.7 Å². The number of carbonyl (C=O) groups excluding carboxylic acids is 1. The summed E-state index contributed by atoms with van der Waals surface area (Å²) in [5, 5.41) is 4.68. The number of hydrazone groups is 1. The molecule has 0 saturated carbocycles. The molecule has 1 N–H and O–H groups in total. The average molecular weight is 425 g/mol. The van der Waals surface area contributed by atoms with Gasteiger partial charge < -0.3 is 4.74 Å². The summed E-state index contributed by atoms with van der Waals surface area (Å²) >= 11 is 1.60. The lowest BCUT2D eigenvalue weighted by Gasteiger charge is -2.17. The van der Waals surface area contributed by atoms with E-state index in [2.05, 4.69) is 22.4 Å². The smallest absolute Gasteiger partial charge is 0.262 e. The molecule has 1 aromatic carbocycles. The van der Waals surface area contributed by atoms with Gasteiger partial charge in [-0.1, -0.05) is 19.1 Å². The molecule has 4 rings (SSSR count). The first-order valence-electron chi connectivity index (χ1n) is 10.1. The highest BCUT2D eigenvalue weighted by molar-refractivity contribution is 7.18. The summed E-state index contributed by atoms with van der Waals surface area (Å²) in [4.78, 5) is 31.8. The minimum atomic E-state index is -0.388. The van der Waals surface area contributed by atoms with Crippen LogP contribution < -0.4 is 15.7 Å². The molecule has 8 heteroatoms. The van der Waals surface area contributed by atoms with Gasteiger partial charge in [0.2, 0.25) is 0 Å². The number of hydrogen-bond acceptors (Lipinski definition) is 6. The first-order chi connectivity index (χ1) is 14.6. The van der Waals surface area contributed by atoms with E-state index >= 15 is 0 Å². The van der Waals surface area contributed by atoms with Crippen LogP contribution in [-0.4, -0.2) is 28.3 Å². The number of rotatable bonds is 6. The van der Waals surface area contributed by atoms with E-state index in [0.717, 1.165) is 35.2 Å². The van der Waals surface area contributed by atoms with Gasteiger partial charge in [-0.2, -0.15) is 5.10 Å². The van der Waals surface area contributed by atoms with Crippen molar-refractivity contribution in [3.05, 3.63) is 57.0 Å². The molecule has 1 aliphatic rings. The first-order valence-corrected chi connectivity index (χ1v) is 10.9. The normalized spacial score (nSPS) is 16.0. The van der Waals surface area contributed by atoms with Crippen LogP contribution in [0, 0.1) is 5.92 Å². The Hall–Kier alpha value is -3.00. The molecule has 1 amide bonds. The van der Waals surface area contributed by atoms with E-state index in [9.17, 15) is 9.59 Å². The summed E-state index contributed by atoms with van der Waals surface area (Å²) in [5.41, 5.74) is 4.20. The second-order valence-corrected chi connectivity index (χ2v) is 8.56. The lowest BCUT2D eigenvalue weighted by Crippen LogP contribution is -2.30. The van der Waals surface area contributed by atoms with Gasteiger partial charge in [0, 0.05) is 10.4 Å². The zero-order valence-corrected chi connectivity index (χ0v) is 17.9. The molecule has 0 spiro atoms. The van der Waals surface area contributed by atoms with Crippen LogP contribution in [0.3, 0.4) is 0 Å². The van der Waals surface area contributed by atoms with Crippen LogP contribution in [0.25, 0.3) is 10.2 Å². The molecule has 2 aromatic heterocycles. The first kappa shape index (κ1) is 20.3. The number of aromatic nitrogens is 2. The number of benzene rings is 1. The minimum Gasteiger partial charge on any atom is -0.493 e. The van der Waals surface area contributed by atoms with Gasteiger partial charge in [0.1, 0.15) is 17.1 Å². The van der Waals surface area contributed by atoms with Crippen LogP contribution in [0.4, 0.5) is 0 Å². The number of fused-ring (bicyclic) bond motifs is 3. The fraction of sp³-hybridized carbons (Fsp3) is 0.364. The number of nitrogens with zero attached hydrogens (tertiary/aromatic N) is 3. The SMILES string of the molecule is CCOc1ccccc1/C=N\NC(=O)Cn1cnc2sc3c(c2c1=O)CC[C@H](C)C3. The molecule has 1 atom stereocenters. The molecule has 0 radical (unpaired) electrons. The fourth-order valence-electron chi connectivity index (χ4n) is 3.72. The van der Waals surface area contributed by atoms with E-state index in [1.165, 1.54) is 22.0 Å². The highest BCUT2D eigenvalue weighted by Crippen LogP contribution is 2.35. The highest BCUT2D eigenvalue weighted by atomic mass is 32.1. The van der Waals surface area contributed by atoms with Gasteiger partial charge in [0.15, 0.2) is 0 Å². The van der Waals surface area contributed by atoms with E-state index in [1.807, 2.05) is 31.2 Å². The summed E-state index contributed by atoms with van der Waals surface area (Å²) in [7, 11) is 0. The van der Waals surface area contributed by atoms with Gasteiger partial charge in [-0.25, -0.2) is 10.4 Å². The van der Waals surface area contributed by atoms with Crippen molar-refractivity contribution in [1.29, 1.82) is 0 Å². The van der Waals surface area contributed by atoms with Crippen molar-refractivity contribution in [1.82, 2.24) is 15.0 Å². The number of thiophene rings is 1. The van der Waals surface area contributed by atoms with Crippen molar-refractivity contribution >= 4 is 33.7 Å². The molecule has 0 bridgehead atoms. The lowest BCUT2D eigenvalue weighted by atomic mass is 9.89. The predicted molar refractivity (Wildman–Crippen MR) is 118 cm³/mol. The van der Waals surface area contributed by atoms with Crippen LogP contribution in [0.15, 0.2) is 40.5 Å². The lowest BCUT2D eigenvalue weighted by molar-refractivity contribution is -0.121. The number of ether oxygens (including phenoxy) is 1. The summed E-state index contributed by atoms with van der Waals surface area (Å²) in [6.07, 6.45) is 5.94. The molecule has 3 aromatic rings. The van der Waals surface area contributed by atoms with Crippen molar-refractivity contribution in [2.24, 2.45) is 11.0 Å². The van der Waals surface area contributed by atoms with E-state index < -0.39 is 0 Å². The summed E-state index contributed by atoms with van der Waals surface area (Å²) in [5.74, 6) is 0.936. The zero-order chi connectivity index (χ0) is 21.1.